The van der Waals surface area contributed by atoms with Crippen LogP contribution < -0.4 is 0 Å². The van der Waals surface area contributed by atoms with Gasteiger partial charge in [0.25, 0.3) is 0 Å². The van der Waals surface area contributed by atoms with E-state index in [-0.39, 0.29) is 6.23 Å². The molecular weight excluding hydrogens is 138 g/mol. The lowest BCUT2D eigenvalue weighted by molar-refractivity contribution is -0.0239. The van der Waals surface area contributed by atoms with Gasteiger partial charge in [-0.1, -0.05) is 19.8 Å². The number of unbranched alkanes of at least 4 members (excludes halogenated alkanes) is 2. The lowest BCUT2D eigenvalue weighted by Gasteiger charge is -2.19. The maximum atomic E-state index is 5.53. The van der Waals surface area contributed by atoms with Gasteiger partial charge < -0.3 is 4.74 Å². The Kier molecular flexibility index (Phi) is 6.57. The van der Waals surface area contributed by atoms with Gasteiger partial charge in [-0.2, -0.15) is 0 Å². The van der Waals surface area contributed by atoms with Crippen LogP contribution in [-0.2, 0) is 4.74 Å². The SMILES string of the molecule is CCCCCOC(C)N(C)C. The molecule has 0 saturated carbocycles. The van der Waals surface area contributed by atoms with Crippen molar-refractivity contribution in [3.05, 3.63) is 0 Å². The summed E-state index contributed by atoms with van der Waals surface area (Å²) in [5.41, 5.74) is 0. The first-order valence-corrected chi connectivity index (χ1v) is 4.46. The maximum Gasteiger partial charge on any atom is 0.107 e. The highest BCUT2D eigenvalue weighted by Crippen LogP contribution is 1.98. The van der Waals surface area contributed by atoms with Crippen molar-refractivity contribution >= 4 is 0 Å². The third-order valence-electron chi connectivity index (χ3n) is 1.83. The van der Waals surface area contributed by atoms with Crippen LogP contribution in [-0.4, -0.2) is 31.8 Å². The Morgan fingerprint density at radius 1 is 1.27 bits per heavy atom. The van der Waals surface area contributed by atoms with Crippen molar-refractivity contribution in [3.63, 3.8) is 0 Å². The molecule has 0 bridgehead atoms. The van der Waals surface area contributed by atoms with Crippen LogP contribution in [0.25, 0.3) is 0 Å². The standard InChI is InChI=1S/C9H21NO/c1-5-6-7-8-11-9(2)10(3)4/h9H,5-8H2,1-4H3. The average Bonchev–Trinajstić information content (AvgIpc) is 1.97. The number of hydrogen-bond donors (Lipinski definition) is 0. The van der Waals surface area contributed by atoms with Gasteiger partial charge in [-0.3, -0.25) is 4.90 Å². The minimum absolute atomic E-state index is 0.256. The molecule has 0 N–H and O–H groups in total. The second-order valence-electron chi connectivity index (χ2n) is 3.14. The summed E-state index contributed by atoms with van der Waals surface area (Å²) in [6.45, 7) is 5.18. The van der Waals surface area contributed by atoms with Gasteiger partial charge in [0.05, 0.1) is 0 Å². The van der Waals surface area contributed by atoms with E-state index in [2.05, 4.69) is 18.7 Å². The van der Waals surface area contributed by atoms with Crippen molar-refractivity contribution < 1.29 is 4.74 Å². The summed E-state index contributed by atoms with van der Waals surface area (Å²) in [5, 5.41) is 0. The summed E-state index contributed by atoms with van der Waals surface area (Å²) in [7, 11) is 4.06. The molecule has 0 amide bonds. The van der Waals surface area contributed by atoms with Crippen LogP contribution in [0.15, 0.2) is 0 Å². The zero-order chi connectivity index (χ0) is 8.69. The van der Waals surface area contributed by atoms with E-state index in [9.17, 15) is 0 Å². The smallest absolute Gasteiger partial charge is 0.107 e. The van der Waals surface area contributed by atoms with Gasteiger partial charge >= 0.3 is 0 Å². The van der Waals surface area contributed by atoms with E-state index in [0.717, 1.165) is 6.61 Å². The van der Waals surface area contributed by atoms with Crippen molar-refractivity contribution in [1.29, 1.82) is 0 Å². The Balaban J connectivity index is 3.10. The molecule has 0 aliphatic rings. The van der Waals surface area contributed by atoms with Crippen LogP contribution in [0.3, 0.4) is 0 Å². The van der Waals surface area contributed by atoms with Crippen molar-refractivity contribution in [2.24, 2.45) is 0 Å². The summed E-state index contributed by atoms with van der Waals surface area (Å²) in [5.74, 6) is 0. The largest absolute Gasteiger partial charge is 0.363 e. The van der Waals surface area contributed by atoms with E-state index in [1.54, 1.807) is 0 Å². The van der Waals surface area contributed by atoms with Gasteiger partial charge in [0.2, 0.25) is 0 Å². The van der Waals surface area contributed by atoms with Crippen molar-refractivity contribution in [2.45, 2.75) is 39.3 Å². The predicted molar refractivity (Wildman–Crippen MR) is 48.6 cm³/mol. The first kappa shape index (κ1) is 10.9. The van der Waals surface area contributed by atoms with Crippen LogP contribution in [0.5, 0.6) is 0 Å². The molecule has 0 aromatic carbocycles. The quantitative estimate of drug-likeness (QED) is 0.434. The summed E-state index contributed by atoms with van der Waals surface area (Å²) in [4.78, 5) is 2.08. The van der Waals surface area contributed by atoms with Crippen LogP contribution in [0.2, 0.25) is 0 Å². The third-order valence-corrected chi connectivity index (χ3v) is 1.83. The second kappa shape index (κ2) is 6.62. The first-order valence-electron chi connectivity index (χ1n) is 4.46. The van der Waals surface area contributed by atoms with Gasteiger partial charge in [0.1, 0.15) is 6.23 Å². The zero-order valence-electron chi connectivity index (χ0n) is 8.26. The molecule has 68 valence electrons. The van der Waals surface area contributed by atoms with Crippen molar-refractivity contribution in [3.8, 4) is 0 Å². The van der Waals surface area contributed by atoms with Crippen LogP contribution in [0, 0.1) is 0 Å². The first-order chi connectivity index (χ1) is 5.18. The molecule has 0 fully saturated rings. The van der Waals surface area contributed by atoms with E-state index in [4.69, 9.17) is 4.74 Å². The van der Waals surface area contributed by atoms with Crippen molar-refractivity contribution in [2.75, 3.05) is 20.7 Å². The summed E-state index contributed by atoms with van der Waals surface area (Å²) >= 11 is 0. The average molecular weight is 159 g/mol. The second-order valence-corrected chi connectivity index (χ2v) is 3.14. The van der Waals surface area contributed by atoms with Gasteiger partial charge in [0.15, 0.2) is 0 Å². The summed E-state index contributed by atoms with van der Waals surface area (Å²) < 4.78 is 5.53. The van der Waals surface area contributed by atoms with Gasteiger partial charge in [-0.05, 0) is 27.4 Å². The van der Waals surface area contributed by atoms with E-state index < -0.39 is 0 Å². The topological polar surface area (TPSA) is 12.5 Å². The Morgan fingerprint density at radius 2 is 1.91 bits per heavy atom. The van der Waals surface area contributed by atoms with E-state index >= 15 is 0 Å². The van der Waals surface area contributed by atoms with Crippen LogP contribution in [0.1, 0.15) is 33.1 Å². The molecule has 0 spiro atoms. The highest BCUT2D eigenvalue weighted by molar-refractivity contribution is 4.44. The highest BCUT2D eigenvalue weighted by atomic mass is 16.5. The Morgan fingerprint density at radius 3 is 2.36 bits per heavy atom. The molecule has 2 heteroatoms. The fourth-order valence-electron chi connectivity index (χ4n) is 0.755. The summed E-state index contributed by atoms with van der Waals surface area (Å²) in [6.07, 6.45) is 3.99. The zero-order valence-corrected chi connectivity index (χ0v) is 8.26. The van der Waals surface area contributed by atoms with Gasteiger partial charge in [0, 0.05) is 6.61 Å². The Bertz CT molecular complexity index is 83.6. The van der Waals surface area contributed by atoms with Gasteiger partial charge in [-0.15, -0.1) is 0 Å². The van der Waals surface area contributed by atoms with Crippen LogP contribution in [0.4, 0.5) is 0 Å². The molecule has 1 unspecified atom stereocenters. The normalized spacial score (nSPS) is 13.9. The maximum absolute atomic E-state index is 5.53. The highest BCUT2D eigenvalue weighted by Gasteiger charge is 2.02. The molecule has 2 nitrogen and oxygen atoms in total. The molecule has 0 aromatic heterocycles. The molecule has 0 rings (SSSR count). The Hall–Kier alpha value is -0.0800. The number of nitrogens with zero attached hydrogens (tertiary/aromatic N) is 1. The summed E-state index contributed by atoms with van der Waals surface area (Å²) in [6, 6.07) is 0. The third kappa shape index (κ3) is 6.32. The minimum atomic E-state index is 0.256. The molecule has 0 heterocycles. The fourth-order valence-corrected chi connectivity index (χ4v) is 0.755. The lowest BCUT2D eigenvalue weighted by Crippen LogP contribution is -2.27. The van der Waals surface area contributed by atoms with Crippen LogP contribution >= 0.6 is 0 Å². The molecule has 0 aliphatic heterocycles. The predicted octanol–water partition coefficient (Wildman–Crippen LogP) is 2.10. The van der Waals surface area contributed by atoms with E-state index in [1.807, 2.05) is 14.1 Å². The Labute approximate surface area is 70.5 Å². The molecule has 11 heavy (non-hydrogen) atoms. The van der Waals surface area contributed by atoms with Gasteiger partial charge in [-0.25, -0.2) is 0 Å². The molecule has 1 atom stereocenters. The molecule has 0 aromatic rings. The molecule has 0 aliphatic carbocycles. The van der Waals surface area contributed by atoms with E-state index in [0.29, 0.717) is 0 Å². The minimum Gasteiger partial charge on any atom is -0.363 e. The van der Waals surface area contributed by atoms with E-state index in [1.165, 1.54) is 19.3 Å². The van der Waals surface area contributed by atoms with Crippen molar-refractivity contribution in [1.82, 2.24) is 4.90 Å². The molecule has 0 saturated heterocycles. The molecule has 0 radical (unpaired) electrons. The number of ether oxygens (including phenoxy) is 1. The molecular formula is C9H21NO. The number of hydrogen-bond acceptors (Lipinski definition) is 2. The lowest BCUT2D eigenvalue weighted by atomic mass is 10.3. The monoisotopic (exact) mass is 159 g/mol. The number of rotatable bonds is 6. The fraction of sp³-hybridized carbons (Fsp3) is 1.00.